The molecule has 194 valence electrons. The van der Waals surface area contributed by atoms with E-state index in [0.29, 0.717) is 23.2 Å². The number of hydrogen-bond donors (Lipinski definition) is 3. The monoisotopic (exact) mass is 564 g/mol. The molecule has 8 heteroatoms. The summed E-state index contributed by atoms with van der Waals surface area (Å²) in [5.74, 6) is -0.309. The number of carbonyl (C=O) groups excluding carboxylic acids is 2. The maximum absolute atomic E-state index is 13.6. The third kappa shape index (κ3) is 6.02. The molecule has 1 heterocycles. The fourth-order valence-electron chi connectivity index (χ4n) is 4.40. The van der Waals surface area contributed by atoms with E-state index in [0.717, 1.165) is 16.6 Å². The molecule has 0 aliphatic heterocycles. The van der Waals surface area contributed by atoms with E-state index in [9.17, 15) is 14.7 Å². The number of rotatable bonds is 7. The van der Waals surface area contributed by atoms with Gasteiger partial charge in [-0.15, -0.1) is 17.0 Å². The van der Waals surface area contributed by atoms with Crippen molar-refractivity contribution in [3.63, 3.8) is 0 Å². The second-order valence-corrected chi connectivity index (χ2v) is 10.1. The molecule has 0 atom stereocenters. The number of phenolic OH excluding ortho intramolecular Hbond substituents is 1. The first-order valence-electron chi connectivity index (χ1n) is 12.0. The Morgan fingerprint density at radius 1 is 0.946 bits per heavy atom. The highest BCUT2D eigenvalue weighted by Gasteiger charge is 2.24. The summed E-state index contributed by atoms with van der Waals surface area (Å²) in [5, 5.41) is 22.5. The number of halogens is 1. The number of fused-ring (bicyclic) bond motifs is 1. The van der Waals surface area contributed by atoms with Gasteiger partial charge in [0.1, 0.15) is 5.75 Å². The van der Waals surface area contributed by atoms with Crippen LogP contribution in [-0.4, -0.2) is 25.9 Å². The van der Waals surface area contributed by atoms with Gasteiger partial charge in [-0.3, -0.25) is 15.0 Å². The Hall–Kier alpha value is -3.65. The Morgan fingerprint density at radius 3 is 2.14 bits per heavy atom. The van der Waals surface area contributed by atoms with Crippen LogP contribution in [0.5, 0.6) is 5.75 Å². The molecular weight excluding hydrogens is 532 g/mol. The number of Topliss-reactive ketones (excluding diaryl/α,β-unsaturated/α-hetero) is 1. The molecule has 4 rings (SSSR count). The maximum atomic E-state index is 13.6. The summed E-state index contributed by atoms with van der Waals surface area (Å²) in [4.78, 5) is 25.1. The van der Waals surface area contributed by atoms with Gasteiger partial charge in [0.05, 0.1) is 24.1 Å². The van der Waals surface area contributed by atoms with Crippen molar-refractivity contribution >= 4 is 39.7 Å². The summed E-state index contributed by atoms with van der Waals surface area (Å²) in [6.07, 6.45) is 0. The minimum atomic E-state index is -0.412. The zero-order valence-electron chi connectivity index (χ0n) is 21.5. The molecule has 0 fully saturated rings. The van der Waals surface area contributed by atoms with Gasteiger partial charge in [0.2, 0.25) is 11.5 Å². The molecule has 0 saturated carbocycles. The smallest absolute Gasteiger partial charge is 0.217 e. The van der Waals surface area contributed by atoms with E-state index in [1.807, 2.05) is 79.9 Å². The predicted octanol–water partition coefficient (Wildman–Crippen LogP) is 5.07. The first kappa shape index (κ1) is 27.9. The van der Waals surface area contributed by atoms with Gasteiger partial charge in [-0.05, 0) is 35.2 Å². The highest BCUT2D eigenvalue weighted by Crippen LogP contribution is 2.35. The summed E-state index contributed by atoms with van der Waals surface area (Å²) in [7, 11) is 0. The van der Waals surface area contributed by atoms with Gasteiger partial charge in [0.15, 0.2) is 5.78 Å². The zero-order valence-corrected chi connectivity index (χ0v) is 23.3. The molecular formula is C29H33BrN4O3. The van der Waals surface area contributed by atoms with Gasteiger partial charge in [-0.25, -0.2) is 0 Å². The number of carbonyl (C=O) groups is 2. The second-order valence-electron chi connectivity index (χ2n) is 10.1. The number of para-hydroxylation sites is 2. The Bertz CT molecular complexity index is 1500. The van der Waals surface area contributed by atoms with Crippen molar-refractivity contribution in [3.05, 3.63) is 94.6 Å². The lowest BCUT2D eigenvalue weighted by Gasteiger charge is -2.23. The summed E-state index contributed by atoms with van der Waals surface area (Å²) < 4.78 is 3.62. The summed E-state index contributed by atoms with van der Waals surface area (Å²) in [6, 6.07) is 21.0. The van der Waals surface area contributed by atoms with Gasteiger partial charge in [-0.2, -0.15) is 0 Å². The third-order valence-corrected chi connectivity index (χ3v) is 6.31. The van der Waals surface area contributed by atoms with Crippen LogP contribution in [0, 0.1) is 5.41 Å². The molecule has 0 spiro atoms. The number of amides is 1. The molecule has 3 N–H and O–H groups in total. The number of aromatic nitrogens is 2. The van der Waals surface area contributed by atoms with E-state index in [1.54, 1.807) is 16.7 Å². The molecule has 0 bridgehead atoms. The zero-order chi connectivity index (χ0) is 26.0. The lowest BCUT2D eigenvalue weighted by molar-refractivity contribution is -0.119. The molecule has 0 radical (unpaired) electrons. The number of phenols is 1. The lowest BCUT2D eigenvalue weighted by atomic mass is 9.83. The van der Waals surface area contributed by atoms with Crippen LogP contribution in [0.25, 0.3) is 11.0 Å². The molecule has 37 heavy (non-hydrogen) atoms. The van der Waals surface area contributed by atoms with Crippen molar-refractivity contribution in [2.75, 3.05) is 0 Å². The maximum Gasteiger partial charge on any atom is 0.217 e. The van der Waals surface area contributed by atoms with E-state index >= 15 is 0 Å². The van der Waals surface area contributed by atoms with Gasteiger partial charge in [0.25, 0.3) is 0 Å². The molecule has 0 unspecified atom stereocenters. The van der Waals surface area contributed by atoms with Gasteiger partial charge in [0, 0.05) is 30.2 Å². The minimum Gasteiger partial charge on any atom is -0.507 e. The van der Waals surface area contributed by atoms with Gasteiger partial charge < -0.3 is 19.6 Å². The standard InChI is InChI=1S/C29H32N4O3.BrH/c1-19(34)31-16-22-14-21(15-23(27(22)36)29(2,3)4)26(35)18-33-25-13-9-8-12-24(25)32(28(33)30)17-20-10-6-5-7-11-20;/h5-15,30,36H,16-18H2,1-4H3,(H,31,34);1H. The van der Waals surface area contributed by atoms with Crippen LogP contribution in [0.2, 0.25) is 0 Å². The summed E-state index contributed by atoms with van der Waals surface area (Å²) >= 11 is 0. The summed E-state index contributed by atoms with van der Waals surface area (Å²) in [5.41, 5.74) is 4.14. The molecule has 0 saturated heterocycles. The Labute approximate surface area is 227 Å². The van der Waals surface area contributed by atoms with E-state index in [1.165, 1.54) is 6.92 Å². The quantitative estimate of drug-likeness (QED) is 0.273. The lowest BCUT2D eigenvalue weighted by Crippen LogP contribution is -2.28. The molecule has 0 aliphatic carbocycles. The fraction of sp³-hybridized carbons (Fsp3) is 0.276. The van der Waals surface area contributed by atoms with Crippen LogP contribution in [0.15, 0.2) is 66.7 Å². The van der Waals surface area contributed by atoms with Crippen molar-refractivity contribution in [1.82, 2.24) is 14.5 Å². The van der Waals surface area contributed by atoms with E-state index < -0.39 is 5.41 Å². The van der Waals surface area contributed by atoms with Crippen LogP contribution in [0.1, 0.15) is 54.7 Å². The number of benzene rings is 3. The number of imidazole rings is 1. The number of nitrogens with zero attached hydrogens (tertiary/aromatic N) is 2. The number of ketones is 1. The normalized spacial score (nSPS) is 11.2. The van der Waals surface area contributed by atoms with E-state index in [2.05, 4.69) is 5.32 Å². The molecule has 0 aliphatic rings. The second kappa shape index (κ2) is 11.2. The van der Waals surface area contributed by atoms with Crippen molar-refractivity contribution in [2.24, 2.45) is 0 Å². The number of aromatic hydroxyl groups is 1. The van der Waals surface area contributed by atoms with Crippen LogP contribution in [0.4, 0.5) is 0 Å². The highest BCUT2D eigenvalue weighted by atomic mass is 79.9. The third-order valence-electron chi connectivity index (χ3n) is 6.31. The van der Waals surface area contributed by atoms with Crippen molar-refractivity contribution in [2.45, 2.75) is 52.7 Å². The summed E-state index contributed by atoms with van der Waals surface area (Å²) in [6.45, 7) is 7.93. The minimum absolute atomic E-state index is 0. The van der Waals surface area contributed by atoms with Gasteiger partial charge >= 0.3 is 0 Å². The van der Waals surface area contributed by atoms with Crippen molar-refractivity contribution in [3.8, 4) is 5.75 Å². The Kier molecular flexibility index (Phi) is 8.43. The fourth-order valence-corrected chi connectivity index (χ4v) is 4.40. The SMILES string of the molecule is Br.CC(=O)NCc1cc(C(=O)Cn2c(=N)n(Cc3ccccc3)c3ccccc32)cc(C(C)(C)C)c1O. The highest BCUT2D eigenvalue weighted by molar-refractivity contribution is 8.93. The Morgan fingerprint density at radius 2 is 1.54 bits per heavy atom. The molecule has 3 aromatic carbocycles. The predicted molar refractivity (Wildman–Crippen MR) is 150 cm³/mol. The number of nitrogens with one attached hydrogen (secondary N) is 2. The molecule has 1 amide bonds. The molecule has 4 aromatic rings. The Balaban J connectivity index is 0.00000380. The van der Waals surface area contributed by atoms with E-state index in [4.69, 9.17) is 5.41 Å². The topological polar surface area (TPSA) is 100 Å². The average Bonchev–Trinajstić information content (AvgIpc) is 3.09. The van der Waals surface area contributed by atoms with E-state index in [-0.39, 0.29) is 53.1 Å². The van der Waals surface area contributed by atoms with Crippen molar-refractivity contribution in [1.29, 1.82) is 5.41 Å². The molecule has 1 aromatic heterocycles. The van der Waals surface area contributed by atoms with Crippen molar-refractivity contribution < 1.29 is 14.7 Å². The van der Waals surface area contributed by atoms with Crippen LogP contribution in [0.3, 0.4) is 0 Å². The van der Waals surface area contributed by atoms with Crippen LogP contribution < -0.4 is 10.9 Å². The first-order chi connectivity index (χ1) is 17.1. The first-order valence-corrected chi connectivity index (χ1v) is 12.0. The number of hydrogen-bond acceptors (Lipinski definition) is 4. The van der Waals surface area contributed by atoms with Crippen LogP contribution in [-0.2, 0) is 29.8 Å². The molecule has 7 nitrogen and oxygen atoms in total. The van der Waals surface area contributed by atoms with Crippen LogP contribution >= 0.6 is 17.0 Å². The van der Waals surface area contributed by atoms with Gasteiger partial charge in [-0.1, -0.05) is 63.2 Å². The average molecular weight is 566 g/mol. The largest absolute Gasteiger partial charge is 0.507 e.